The van der Waals surface area contributed by atoms with Crippen molar-refractivity contribution in [3.63, 3.8) is 0 Å². The van der Waals surface area contributed by atoms with Crippen molar-refractivity contribution in [2.45, 2.75) is 6.92 Å². The van der Waals surface area contributed by atoms with Crippen LogP contribution in [0.1, 0.15) is 5.56 Å². The number of carbonyl (C=O) groups excluding carboxylic acids is 1. The van der Waals surface area contributed by atoms with E-state index in [9.17, 15) is 4.79 Å². The van der Waals surface area contributed by atoms with Crippen molar-refractivity contribution in [2.75, 3.05) is 5.75 Å². The summed E-state index contributed by atoms with van der Waals surface area (Å²) in [7, 11) is 0. The molecule has 1 amide bonds. The van der Waals surface area contributed by atoms with E-state index >= 15 is 0 Å². The SMILES string of the molecule is Cc1ccc2nc(/N=C3/NC(=O)CS3)sc2c1. The highest BCUT2D eigenvalue weighted by Gasteiger charge is 2.17. The van der Waals surface area contributed by atoms with E-state index in [0.29, 0.717) is 16.1 Å². The highest BCUT2D eigenvalue weighted by atomic mass is 32.2. The van der Waals surface area contributed by atoms with Crippen molar-refractivity contribution in [3.8, 4) is 0 Å². The van der Waals surface area contributed by atoms with Gasteiger partial charge in [0.05, 0.1) is 16.0 Å². The fourth-order valence-corrected chi connectivity index (χ4v) is 3.22. The third-order valence-electron chi connectivity index (χ3n) is 2.32. The lowest BCUT2D eigenvalue weighted by Gasteiger charge is -1.90. The quantitative estimate of drug-likeness (QED) is 0.860. The fraction of sp³-hybridized carbons (Fsp3) is 0.182. The monoisotopic (exact) mass is 263 g/mol. The lowest BCUT2D eigenvalue weighted by atomic mass is 10.2. The number of nitrogens with one attached hydrogen (secondary N) is 1. The van der Waals surface area contributed by atoms with E-state index in [1.165, 1.54) is 28.7 Å². The van der Waals surface area contributed by atoms with Gasteiger partial charge in [-0.2, -0.15) is 4.99 Å². The first-order valence-electron chi connectivity index (χ1n) is 5.09. The Labute approximate surface area is 106 Å². The van der Waals surface area contributed by atoms with Gasteiger partial charge >= 0.3 is 0 Å². The van der Waals surface area contributed by atoms with Gasteiger partial charge in [-0.15, -0.1) is 0 Å². The Balaban J connectivity index is 1.98. The molecule has 4 nitrogen and oxygen atoms in total. The minimum absolute atomic E-state index is 0.00528. The maximum atomic E-state index is 11.0. The van der Waals surface area contributed by atoms with E-state index in [-0.39, 0.29) is 5.91 Å². The summed E-state index contributed by atoms with van der Waals surface area (Å²) >= 11 is 2.95. The first-order valence-corrected chi connectivity index (χ1v) is 6.89. The minimum atomic E-state index is 0.00528. The van der Waals surface area contributed by atoms with Crippen LogP contribution in [-0.4, -0.2) is 21.8 Å². The Bertz CT molecular complexity index is 633. The third kappa shape index (κ3) is 2.18. The van der Waals surface area contributed by atoms with Gasteiger partial charge in [0.1, 0.15) is 0 Å². The number of aliphatic imine (C=N–C) groups is 1. The van der Waals surface area contributed by atoms with Gasteiger partial charge in [-0.25, -0.2) is 4.98 Å². The van der Waals surface area contributed by atoms with Crippen molar-refractivity contribution in [1.82, 2.24) is 10.3 Å². The third-order valence-corrected chi connectivity index (χ3v) is 4.10. The normalized spacial score (nSPS) is 17.9. The van der Waals surface area contributed by atoms with Gasteiger partial charge in [0.2, 0.25) is 11.0 Å². The van der Waals surface area contributed by atoms with Gasteiger partial charge in [-0.1, -0.05) is 29.2 Å². The Morgan fingerprint density at radius 2 is 2.35 bits per heavy atom. The Kier molecular flexibility index (Phi) is 2.60. The van der Waals surface area contributed by atoms with Crippen LogP contribution in [0.3, 0.4) is 0 Å². The molecule has 3 rings (SSSR count). The summed E-state index contributed by atoms with van der Waals surface area (Å²) < 4.78 is 1.12. The highest BCUT2D eigenvalue weighted by Crippen LogP contribution is 2.29. The second-order valence-corrected chi connectivity index (χ2v) is 5.69. The largest absolute Gasteiger partial charge is 0.304 e. The molecule has 1 aliphatic heterocycles. The van der Waals surface area contributed by atoms with Crippen LogP contribution in [0.15, 0.2) is 23.2 Å². The van der Waals surface area contributed by atoms with E-state index in [2.05, 4.69) is 28.3 Å². The number of aryl methyl sites for hydroxylation is 1. The second-order valence-electron chi connectivity index (χ2n) is 3.72. The molecule has 2 aromatic rings. The minimum Gasteiger partial charge on any atom is -0.304 e. The molecule has 0 bridgehead atoms. The summed E-state index contributed by atoms with van der Waals surface area (Å²) in [4.78, 5) is 19.8. The van der Waals surface area contributed by atoms with Gasteiger partial charge in [-0.3, -0.25) is 4.79 Å². The number of thiazole rings is 1. The first kappa shape index (κ1) is 10.7. The van der Waals surface area contributed by atoms with Crippen LogP contribution >= 0.6 is 23.1 Å². The van der Waals surface area contributed by atoms with Gasteiger partial charge in [0.15, 0.2) is 5.17 Å². The number of fused-ring (bicyclic) bond motifs is 1. The average Bonchev–Trinajstić information content (AvgIpc) is 2.84. The van der Waals surface area contributed by atoms with Crippen molar-refractivity contribution < 1.29 is 4.79 Å². The lowest BCUT2D eigenvalue weighted by Crippen LogP contribution is -2.19. The van der Waals surface area contributed by atoms with Crippen molar-refractivity contribution in [3.05, 3.63) is 23.8 Å². The Hall–Kier alpha value is -1.40. The molecule has 0 radical (unpaired) electrons. The second kappa shape index (κ2) is 4.12. The molecule has 0 unspecified atom stereocenters. The Morgan fingerprint density at radius 1 is 1.47 bits per heavy atom. The molecule has 1 aromatic heterocycles. The molecule has 1 N–H and O–H groups in total. The zero-order valence-electron chi connectivity index (χ0n) is 9.06. The zero-order valence-corrected chi connectivity index (χ0v) is 10.7. The molecule has 0 aliphatic carbocycles. The maximum absolute atomic E-state index is 11.0. The van der Waals surface area contributed by atoms with Gasteiger partial charge in [0, 0.05) is 0 Å². The average molecular weight is 263 g/mol. The highest BCUT2D eigenvalue weighted by molar-refractivity contribution is 8.15. The van der Waals surface area contributed by atoms with Crippen LogP contribution in [0.5, 0.6) is 0 Å². The fourth-order valence-electron chi connectivity index (χ4n) is 1.54. The molecule has 6 heteroatoms. The first-order chi connectivity index (χ1) is 8.20. The number of carbonyl (C=O) groups is 1. The number of aromatic nitrogens is 1. The maximum Gasteiger partial charge on any atom is 0.236 e. The molecule has 0 saturated carbocycles. The van der Waals surface area contributed by atoms with Crippen molar-refractivity contribution in [2.24, 2.45) is 4.99 Å². The molecule has 0 spiro atoms. The van der Waals surface area contributed by atoms with Crippen LogP contribution in [0.2, 0.25) is 0 Å². The van der Waals surface area contributed by atoms with E-state index in [0.717, 1.165) is 10.2 Å². The van der Waals surface area contributed by atoms with Crippen LogP contribution in [0, 0.1) is 6.92 Å². The molecule has 0 atom stereocenters. The number of amidine groups is 1. The molecule has 1 aliphatic rings. The lowest BCUT2D eigenvalue weighted by molar-refractivity contribution is -0.116. The van der Waals surface area contributed by atoms with E-state index in [1.54, 1.807) is 0 Å². The molecule has 1 fully saturated rings. The molecule has 1 saturated heterocycles. The number of nitrogens with zero attached hydrogens (tertiary/aromatic N) is 2. The number of thioether (sulfide) groups is 1. The standard InChI is InChI=1S/C11H9N3OS2/c1-6-2-3-7-8(4-6)17-11(12-7)14-10-13-9(15)5-16-10/h2-4H,5H2,1H3,(H,12,13,14,15). The number of rotatable bonds is 1. The van der Waals surface area contributed by atoms with Crippen molar-refractivity contribution >= 4 is 49.5 Å². The molecule has 86 valence electrons. The molecule has 17 heavy (non-hydrogen) atoms. The van der Waals surface area contributed by atoms with Crippen molar-refractivity contribution in [1.29, 1.82) is 0 Å². The summed E-state index contributed by atoms with van der Waals surface area (Å²) in [5.41, 5.74) is 2.16. The predicted molar refractivity (Wildman–Crippen MR) is 72.1 cm³/mol. The number of amides is 1. The summed E-state index contributed by atoms with van der Waals surface area (Å²) in [5.74, 6) is 0.453. The van der Waals surface area contributed by atoms with E-state index in [4.69, 9.17) is 0 Å². The topological polar surface area (TPSA) is 54.4 Å². The Morgan fingerprint density at radius 3 is 3.12 bits per heavy atom. The summed E-state index contributed by atoms with van der Waals surface area (Å²) in [6, 6.07) is 6.12. The molecular weight excluding hydrogens is 254 g/mol. The number of benzene rings is 1. The van der Waals surface area contributed by atoms with Gasteiger partial charge in [0.25, 0.3) is 0 Å². The smallest absolute Gasteiger partial charge is 0.236 e. The predicted octanol–water partition coefficient (Wildman–Crippen LogP) is 2.46. The van der Waals surface area contributed by atoms with E-state index < -0.39 is 0 Å². The van der Waals surface area contributed by atoms with Crippen LogP contribution < -0.4 is 5.32 Å². The van der Waals surface area contributed by atoms with E-state index in [1.807, 2.05) is 12.1 Å². The summed E-state index contributed by atoms with van der Waals surface area (Å²) in [5, 5.41) is 4.03. The van der Waals surface area contributed by atoms with Gasteiger partial charge in [-0.05, 0) is 24.6 Å². The van der Waals surface area contributed by atoms with Crippen LogP contribution in [0.4, 0.5) is 5.13 Å². The van der Waals surface area contributed by atoms with Crippen LogP contribution in [0.25, 0.3) is 10.2 Å². The number of hydrogen-bond acceptors (Lipinski definition) is 5. The van der Waals surface area contributed by atoms with Gasteiger partial charge < -0.3 is 5.32 Å². The summed E-state index contributed by atoms with van der Waals surface area (Å²) in [6.45, 7) is 2.05. The van der Waals surface area contributed by atoms with Crippen LogP contribution in [-0.2, 0) is 4.79 Å². The summed E-state index contributed by atoms with van der Waals surface area (Å²) in [6.07, 6.45) is 0. The molecule has 2 heterocycles. The number of hydrogen-bond donors (Lipinski definition) is 1. The molecular formula is C11H9N3OS2. The molecule has 1 aromatic carbocycles. The zero-order chi connectivity index (χ0) is 11.8.